The summed E-state index contributed by atoms with van der Waals surface area (Å²) >= 11 is 5.78. The van der Waals surface area contributed by atoms with Gasteiger partial charge in [-0.15, -0.1) is 0 Å². The van der Waals surface area contributed by atoms with Crippen LogP contribution in [0.25, 0.3) is 0 Å². The fourth-order valence-corrected chi connectivity index (χ4v) is 2.53. The third kappa shape index (κ3) is 3.66. The first-order valence-electron chi connectivity index (χ1n) is 6.14. The third-order valence-electron chi connectivity index (χ3n) is 3.44. The summed E-state index contributed by atoms with van der Waals surface area (Å²) in [6.07, 6.45) is 4.46. The lowest BCUT2D eigenvalue weighted by atomic mass is 10.0. The summed E-state index contributed by atoms with van der Waals surface area (Å²) in [6.45, 7) is 3.34. The van der Waals surface area contributed by atoms with Crippen LogP contribution in [0.4, 0.5) is 0 Å². The molecule has 0 bridgehead atoms. The van der Waals surface area contributed by atoms with E-state index in [0.29, 0.717) is 11.2 Å². The molecule has 0 N–H and O–H groups in total. The van der Waals surface area contributed by atoms with Crippen molar-refractivity contribution in [2.24, 2.45) is 0 Å². The predicted molar refractivity (Wildman–Crippen MR) is 71.2 cm³/mol. The van der Waals surface area contributed by atoms with Crippen molar-refractivity contribution in [3.05, 3.63) is 29.0 Å². The highest BCUT2D eigenvalue weighted by atomic mass is 35.5. The van der Waals surface area contributed by atoms with Crippen molar-refractivity contribution in [1.29, 1.82) is 0 Å². The lowest BCUT2D eigenvalue weighted by molar-refractivity contribution is 0.129. The van der Waals surface area contributed by atoms with Crippen LogP contribution in [0.5, 0.6) is 0 Å². The van der Waals surface area contributed by atoms with Crippen molar-refractivity contribution in [2.45, 2.75) is 25.4 Å². The summed E-state index contributed by atoms with van der Waals surface area (Å²) in [5.74, 6) is 0. The molecular formula is C13H20ClN3. The van der Waals surface area contributed by atoms with Crippen LogP contribution in [0.1, 0.15) is 18.4 Å². The summed E-state index contributed by atoms with van der Waals surface area (Å²) in [7, 11) is 4.39. The van der Waals surface area contributed by atoms with E-state index < -0.39 is 0 Å². The molecule has 0 spiro atoms. The quantitative estimate of drug-likeness (QED) is 0.771. The maximum absolute atomic E-state index is 5.78. The van der Waals surface area contributed by atoms with E-state index in [-0.39, 0.29) is 0 Å². The summed E-state index contributed by atoms with van der Waals surface area (Å²) < 4.78 is 0. The number of aromatic nitrogens is 1. The first-order chi connectivity index (χ1) is 8.15. The van der Waals surface area contributed by atoms with E-state index in [9.17, 15) is 0 Å². The molecule has 94 valence electrons. The predicted octanol–water partition coefficient (Wildman–Crippen LogP) is 2.26. The van der Waals surface area contributed by atoms with E-state index in [1.54, 1.807) is 0 Å². The molecule has 1 aromatic rings. The minimum atomic E-state index is 0.564. The second-order valence-corrected chi connectivity index (χ2v) is 5.35. The Morgan fingerprint density at radius 2 is 2.35 bits per heavy atom. The Labute approximate surface area is 108 Å². The van der Waals surface area contributed by atoms with E-state index >= 15 is 0 Å². The number of likely N-dealkylation sites (N-methyl/N-ethyl adjacent to an activating group) is 2. The summed E-state index contributed by atoms with van der Waals surface area (Å²) in [4.78, 5) is 8.95. The van der Waals surface area contributed by atoms with Crippen LogP contribution in [-0.4, -0.2) is 48.0 Å². The highest BCUT2D eigenvalue weighted by Crippen LogP contribution is 2.16. The average molecular weight is 254 g/mol. The van der Waals surface area contributed by atoms with Crippen molar-refractivity contribution < 1.29 is 0 Å². The SMILES string of the molecule is CN1CCCC(N(C)Cc2ccc(Cl)nc2)C1. The Bertz CT molecular complexity index is 352. The molecule has 0 aromatic carbocycles. The van der Waals surface area contributed by atoms with Crippen molar-refractivity contribution in [2.75, 3.05) is 27.2 Å². The van der Waals surface area contributed by atoms with Gasteiger partial charge in [-0.1, -0.05) is 17.7 Å². The fraction of sp³-hybridized carbons (Fsp3) is 0.615. The molecule has 1 aliphatic rings. The second kappa shape index (κ2) is 5.80. The average Bonchev–Trinajstić information content (AvgIpc) is 2.32. The van der Waals surface area contributed by atoms with Gasteiger partial charge in [0.15, 0.2) is 0 Å². The normalized spacial score (nSPS) is 22.0. The molecule has 0 aliphatic carbocycles. The monoisotopic (exact) mass is 253 g/mol. The van der Waals surface area contributed by atoms with Crippen LogP contribution in [0.3, 0.4) is 0 Å². The van der Waals surface area contributed by atoms with E-state index in [0.717, 1.165) is 13.1 Å². The number of hydrogen-bond acceptors (Lipinski definition) is 3. The standard InChI is InChI=1S/C13H20ClN3/c1-16-7-3-4-12(10-16)17(2)9-11-5-6-13(14)15-8-11/h5-6,8,12H,3-4,7,9-10H2,1-2H3. The van der Waals surface area contributed by atoms with Gasteiger partial charge in [0.25, 0.3) is 0 Å². The molecule has 2 rings (SSSR count). The number of nitrogens with zero attached hydrogens (tertiary/aromatic N) is 3. The number of likely N-dealkylation sites (tertiary alicyclic amines) is 1. The van der Waals surface area contributed by atoms with Crippen LogP contribution in [0.15, 0.2) is 18.3 Å². The van der Waals surface area contributed by atoms with E-state index in [1.807, 2.05) is 12.3 Å². The number of rotatable bonds is 3. The zero-order valence-electron chi connectivity index (χ0n) is 10.6. The zero-order chi connectivity index (χ0) is 12.3. The smallest absolute Gasteiger partial charge is 0.129 e. The van der Waals surface area contributed by atoms with Crippen molar-refractivity contribution >= 4 is 11.6 Å². The molecule has 0 amide bonds. The minimum absolute atomic E-state index is 0.564. The van der Waals surface area contributed by atoms with Crippen LogP contribution >= 0.6 is 11.6 Å². The molecule has 17 heavy (non-hydrogen) atoms. The molecular weight excluding hydrogens is 234 g/mol. The Morgan fingerprint density at radius 3 is 3.00 bits per heavy atom. The minimum Gasteiger partial charge on any atom is -0.305 e. The molecule has 0 saturated carbocycles. The van der Waals surface area contributed by atoms with Crippen LogP contribution < -0.4 is 0 Å². The summed E-state index contributed by atoms with van der Waals surface area (Å²) in [5.41, 5.74) is 1.23. The maximum atomic E-state index is 5.78. The van der Waals surface area contributed by atoms with Crippen LogP contribution in [-0.2, 0) is 6.54 Å². The van der Waals surface area contributed by atoms with Gasteiger partial charge in [-0.05, 0) is 45.1 Å². The first kappa shape index (κ1) is 12.8. The van der Waals surface area contributed by atoms with E-state index in [1.165, 1.54) is 24.9 Å². The van der Waals surface area contributed by atoms with Crippen molar-refractivity contribution in [3.8, 4) is 0 Å². The Balaban J connectivity index is 1.91. The third-order valence-corrected chi connectivity index (χ3v) is 3.67. The molecule has 3 nitrogen and oxygen atoms in total. The summed E-state index contributed by atoms with van der Waals surface area (Å²) in [5, 5.41) is 0.564. The van der Waals surface area contributed by atoms with Gasteiger partial charge in [0.1, 0.15) is 5.15 Å². The van der Waals surface area contributed by atoms with Gasteiger partial charge in [0.2, 0.25) is 0 Å². The lowest BCUT2D eigenvalue weighted by Crippen LogP contribution is -2.44. The molecule has 2 heterocycles. The van der Waals surface area contributed by atoms with Crippen molar-refractivity contribution in [3.63, 3.8) is 0 Å². The van der Waals surface area contributed by atoms with E-state index in [2.05, 4.69) is 34.9 Å². The van der Waals surface area contributed by atoms with Gasteiger partial charge in [-0.3, -0.25) is 4.90 Å². The van der Waals surface area contributed by atoms with Gasteiger partial charge < -0.3 is 4.90 Å². The van der Waals surface area contributed by atoms with Gasteiger partial charge in [-0.25, -0.2) is 4.98 Å². The second-order valence-electron chi connectivity index (χ2n) is 4.96. The fourth-order valence-electron chi connectivity index (χ4n) is 2.42. The Kier molecular flexibility index (Phi) is 4.37. The Morgan fingerprint density at radius 1 is 1.53 bits per heavy atom. The topological polar surface area (TPSA) is 19.4 Å². The first-order valence-corrected chi connectivity index (χ1v) is 6.52. The molecule has 1 fully saturated rings. The highest BCUT2D eigenvalue weighted by Gasteiger charge is 2.20. The van der Waals surface area contributed by atoms with Crippen LogP contribution in [0, 0.1) is 0 Å². The van der Waals surface area contributed by atoms with Gasteiger partial charge in [0, 0.05) is 25.3 Å². The molecule has 4 heteroatoms. The molecule has 1 aromatic heterocycles. The lowest BCUT2D eigenvalue weighted by Gasteiger charge is -2.35. The zero-order valence-corrected chi connectivity index (χ0v) is 11.3. The number of pyridine rings is 1. The highest BCUT2D eigenvalue weighted by molar-refractivity contribution is 6.29. The molecule has 1 atom stereocenters. The van der Waals surface area contributed by atoms with E-state index in [4.69, 9.17) is 11.6 Å². The maximum Gasteiger partial charge on any atom is 0.129 e. The number of hydrogen-bond donors (Lipinski definition) is 0. The number of piperidine rings is 1. The van der Waals surface area contributed by atoms with Gasteiger partial charge >= 0.3 is 0 Å². The summed E-state index contributed by atoms with van der Waals surface area (Å²) in [6, 6.07) is 4.57. The van der Waals surface area contributed by atoms with Gasteiger partial charge in [-0.2, -0.15) is 0 Å². The van der Waals surface area contributed by atoms with Gasteiger partial charge in [0.05, 0.1) is 0 Å². The molecule has 1 unspecified atom stereocenters. The number of halogens is 1. The van der Waals surface area contributed by atoms with Crippen LogP contribution in [0.2, 0.25) is 5.15 Å². The molecule has 1 saturated heterocycles. The largest absolute Gasteiger partial charge is 0.305 e. The molecule has 1 aliphatic heterocycles. The molecule has 0 radical (unpaired) electrons. The van der Waals surface area contributed by atoms with Crippen molar-refractivity contribution in [1.82, 2.24) is 14.8 Å². The Hall–Kier alpha value is -0.640.